The third kappa shape index (κ3) is 3.76. The number of carbonyl (C=O) groups is 1. The van der Waals surface area contributed by atoms with Crippen LogP contribution in [0.3, 0.4) is 0 Å². The van der Waals surface area contributed by atoms with E-state index in [0.717, 1.165) is 25.7 Å². The highest BCUT2D eigenvalue weighted by Gasteiger charge is 2.28. The Kier molecular flexibility index (Phi) is 5.22. The molecule has 0 aliphatic heterocycles. The van der Waals surface area contributed by atoms with Gasteiger partial charge in [-0.3, -0.25) is 4.79 Å². The minimum atomic E-state index is -0.886. The normalized spacial score (nSPS) is 19.2. The van der Waals surface area contributed by atoms with Crippen molar-refractivity contribution in [3.8, 4) is 0 Å². The number of aliphatic hydroxyl groups excluding tert-OH is 2. The molecule has 3 N–H and O–H groups in total. The van der Waals surface area contributed by atoms with Gasteiger partial charge in [0, 0.05) is 5.92 Å². The van der Waals surface area contributed by atoms with Gasteiger partial charge in [0.05, 0.1) is 18.8 Å². The fraction of sp³-hybridized carbons (Fsp3) is 0.917. The number of rotatable bonds is 4. The average Bonchev–Trinajstić information content (AvgIpc) is 2.57. The lowest BCUT2D eigenvalue weighted by molar-refractivity contribution is -0.128. The van der Waals surface area contributed by atoms with Crippen LogP contribution >= 0.6 is 0 Å². The molecule has 0 aromatic heterocycles. The van der Waals surface area contributed by atoms with Crippen molar-refractivity contribution in [2.75, 3.05) is 13.2 Å². The summed E-state index contributed by atoms with van der Waals surface area (Å²) >= 11 is 0. The molecule has 0 aromatic carbocycles. The van der Waals surface area contributed by atoms with Crippen LogP contribution in [0.5, 0.6) is 0 Å². The van der Waals surface area contributed by atoms with Crippen LogP contribution in [0, 0.1) is 5.92 Å². The van der Waals surface area contributed by atoms with E-state index in [1.165, 1.54) is 12.8 Å². The molecule has 4 heteroatoms. The van der Waals surface area contributed by atoms with Gasteiger partial charge in [-0.05, 0) is 19.8 Å². The zero-order valence-corrected chi connectivity index (χ0v) is 10.0. The Labute approximate surface area is 97.0 Å². The first-order valence-electron chi connectivity index (χ1n) is 6.15. The SMILES string of the molecule is CC(CO)(CO)NC(=O)C1CCCCCC1. The molecule has 0 saturated heterocycles. The summed E-state index contributed by atoms with van der Waals surface area (Å²) in [4.78, 5) is 12.0. The molecular formula is C12H23NO3. The summed E-state index contributed by atoms with van der Waals surface area (Å²) in [5.41, 5.74) is -0.886. The maximum Gasteiger partial charge on any atom is 0.223 e. The molecule has 0 heterocycles. The van der Waals surface area contributed by atoms with E-state index < -0.39 is 5.54 Å². The highest BCUT2D eigenvalue weighted by molar-refractivity contribution is 5.79. The zero-order valence-electron chi connectivity index (χ0n) is 10.0. The largest absolute Gasteiger partial charge is 0.394 e. The third-order valence-electron chi connectivity index (χ3n) is 3.35. The number of nitrogens with one attached hydrogen (secondary N) is 1. The Bertz CT molecular complexity index is 218. The van der Waals surface area contributed by atoms with Crippen LogP contribution in [-0.2, 0) is 4.79 Å². The number of amides is 1. The van der Waals surface area contributed by atoms with Crippen LogP contribution in [0.15, 0.2) is 0 Å². The molecule has 1 aliphatic rings. The minimum Gasteiger partial charge on any atom is -0.394 e. The predicted octanol–water partition coefficient (Wildman–Crippen LogP) is 0.816. The van der Waals surface area contributed by atoms with Gasteiger partial charge in [-0.25, -0.2) is 0 Å². The Balaban J connectivity index is 2.49. The number of hydrogen-bond donors (Lipinski definition) is 3. The first-order valence-corrected chi connectivity index (χ1v) is 6.15. The van der Waals surface area contributed by atoms with Crippen molar-refractivity contribution in [2.24, 2.45) is 5.92 Å². The molecule has 0 bridgehead atoms. The Morgan fingerprint density at radius 1 is 1.19 bits per heavy atom. The van der Waals surface area contributed by atoms with Crippen LogP contribution in [0.1, 0.15) is 45.4 Å². The highest BCUT2D eigenvalue weighted by atomic mass is 16.3. The molecule has 0 radical (unpaired) electrons. The van der Waals surface area contributed by atoms with E-state index in [0.29, 0.717) is 0 Å². The van der Waals surface area contributed by atoms with Crippen molar-refractivity contribution in [1.29, 1.82) is 0 Å². The molecule has 1 saturated carbocycles. The van der Waals surface area contributed by atoms with Gasteiger partial charge < -0.3 is 15.5 Å². The minimum absolute atomic E-state index is 0.0208. The fourth-order valence-corrected chi connectivity index (χ4v) is 2.07. The summed E-state index contributed by atoms with van der Waals surface area (Å²) in [7, 11) is 0. The Hall–Kier alpha value is -0.610. The topological polar surface area (TPSA) is 69.6 Å². The van der Waals surface area contributed by atoms with Gasteiger partial charge in [0.1, 0.15) is 0 Å². The van der Waals surface area contributed by atoms with Crippen molar-refractivity contribution in [1.82, 2.24) is 5.32 Å². The lowest BCUT2D eigenvalue weighted by Gasteiger charge is -2.28. The van der Waals surface area contributed by atoms with Crippen molar-refractivity contribution >= 4 is 5.91 Å². The second-order valence-corrected chi connectivity index (χ2v) is 5.05. The second-order valence-electron chi connectivity index (χ2n) is 5.05. The molecule has 1 aliphatic carbocycles. The maximum atomic E-state index is 12.0. The van der Waals surface area contributed by atoms with Crippen molar-refractivity contribution < 1.29 is 15.0 Å². The molecule has 16 heavy (non-hydrogen) atoms. The number of carbonyl (C=O) groups excluding carboxylic acids is 1. The summed E-state index contributed by atoms with van der Waals surface area (Å²) in [6, 6.07) is 0. The molecule has 0 aromatic rings. The van der Waals surface area contributed by atoms with E-state index >= 15 is 0 Å². The zero-order chi connectivity index (χ0) is 12.0. The molecule has 0 atom stereocenters. The van der Waals surface area contributed by atoms with Gasteiger partial charge in [0.15, 0.2) is 0 Å². The Morgan fingerprint density at radius 3 is 2.12 bits per heavy atom. The van der Waals surface area contributed by atoms with Gasteiger partial charge in [-0.1, -0.05) is 25.7 Å². The van der Waals surface area contributed by atoms with E-state index in [9.17, 15) is 4.79 Å². The molecule has 1 fully saturated rings. The van der Waals surface area contributed by atoms with Gasteiger partial charge >= 0.3 is 0 Å². The third-order valence-corrected chi connectivity index (χ3v) is 3.35. The monoisotopic (exact) mass is 229 g/mol. The lowest BCUT2D eigenvalue weighted by Crippen LogP contribution is -2.53. The highest BCUT2D eigenvalue weighted by Crippen LogP contribution is 2.23. The van der Waals surface area contributed by atoms with E-state index in [-0.39, 0.29) is 25.0 Å². The Morgan fingerprint density at radius 2 is 1.69 bits per heavy atom. The van der Waals surface area contributed by atoms with Crippen LogP contribution in [0.25, 0.3) is 0 Å². The standard InChI is InChI=1S/C12H23NO3/c1-12(8-14,9-15)13-11(16)10-6-4-2-3-5-7-10/h10,14-15H,2-9H2,1H3,(H,13,16). The molecule has 4 nitrogen and oxygen atoms in total. The van der Waals surface area contributed by atoms with Crippen LogP contribution in [-0.4, -0.2) is 34.9 Å². The van der Waals surface area contributed by atoms with Crippen LogP contribution < -0.4 is 5.32 Å². The van der Waals surface area contributed by atoms with Crippen LogP contribution in [0.2, 0.25) is 0 Å². The van der Waals surface area contributed by atoms with E-state index in [2.05, 4.69) is 5.32 Å². The molecule has 1 rings (SSSR count). The first-order chi connectivity index (χ1) is 7.61. The number of hydrogen-bond acceptors (Lipinski definition) is 3. The fourth-order valence-electron chi connectivity index (χ4n) is 2.07. The molecule has 94 valence electrons. The van der Waals surface area contributed by atoms with Crippen molar-refractivity contribution in [3.05, 3.63) is 0 Å². The number of aliphatic hydroxyl groups is 2. The lowest BCUT2D eigenvalue weighted by atomic mass is 9.97. The van der Waals surface area contributed by atoms with E-state index in [1.54, 1.807) is 6.92 Å². The smallest absolute Gasteiger partial charge is 0.223 e. The van der Waals surface area contributed by atoms with E-state index in [1.807, 2.05) is 0 Å². The maximum absolute atomic E-state index is 12.0. The first kappa shape index (κ1) is 13.5. The predicted molar refractivity (Wildman–Crippen MR) is 61.9 cm³/mol. The summed E-state index contributed by atoms with van der Waals surface area (Å²) in [5, 5.41) is 21.0. The van der Waals surface area contributed by atoms with Gasteiger partial charge in [-0.2, -0.15) is 0 Å². The second kappa shape index (κ2) is 6.21. The summed E-state index contributed by atoms with van der Waals surface area (Å²) in [6.45, 7) is 1.19. The quantitative estimate of drug-likeness (QED) is 0.625. The van der Waals surface area contributed by atoms with Gasteiger partial charge in [0.25, 0.3) is 0 Å². The van der Waals surface area contributed by atoms with Gasteiger partial charge in [-0.15, -0.1) is 0 Å². The van der Waals surface area contributed by atoms with Crippen molar-refractivity contribution in [2.45, 2.75) is 51.0 Å². The molecule has 1 amide bonds. The van der Waals surface area contributed by atoms with Crippen molar-refractivity contribution in [3.63, 3.8) is 0 Å². The summed E-state index contributed by atoms with van der Waals surface area (Å²) < 4.78 is 0. The summed E-state index contributed by atoms with van der Waals surface area (Å²) in [5.74, 6) is 0.0347. The summed E-state index contributed by atoms with van der Waals surface area (Å²) in [6.07, 6.45) is 6.49. The average molecular weight is 229 g/mol. The van der Waals surface area contributed by atoms with Crippen LogP contribution in [0.4, 0.5) is 0 Å². The van der Waals surface area contributed by atoms with E-state index in [4.69, 9.17) is 10.2 Å². The van der Waals surface area contributed by atoms with Gasteiger partial charge in [0.2, 0.25) is 5.91 Å². The molecule has 0 unspecified atom stereocenters. The molecular weight excluding hydrogens is 206 g/mol. The molecule has 0 spiro atoms.